The van der Waals surface area contributed by atoms with Crippen LogP contribution < -0.4 is 5.32 Å². The van der Waals surface area contributed by atoms with E-state index in [1.165, 1.54) is 0 Å². The quantitative estimate of drug-likeness (QED) is 0.746. The van der Waals surface area contributed by atoms with E-state index in [2.05, 4.69) is 5.32 Å². The van der Waals surface area contributed by atoms with Crippen LogP contribution >= 0.6 is 23.1 Å². The number of hydrogen-bond donors (Lipinski definition) is 1. The van der Waals surface area contributed by atoms with Crippen LogP contribution in [-0.2, 0) is 21.4 Å². The molecule has 1 fully saturated rings. The Morgan fingerprint density at radius 2 is 2.00 bits per heavy atom. The van der Waals surface area contributed by atoms with Crippen LogP contribution in [-0.4, -0.2) is 30.4 Å². The average molecular weight is 437 g/mol. The van der Waals surface area contributed by atoms with Crippen molar-refractivity contribution in [1.82, 2.24) is 4.31 Å². The molecule has 28 heavy (non-hydrogen) atoms. The first-order valence-electron chi connectivity index (χ1n) is 9.57. The highest BCUT2D eigenvalue weighted by atomic mass is 32.2. The maximum Gasteiger partial charge on any atom is 0.243 e. The lowest BCUT2D eigenvalue weighted by atomic mass is 10.2. The fourth-order valence-corrected chi connectivity index (χ4v) is 7.22. The van der Waals surface area contributed by atoms with Crippen molar-refractivity contribution >= 4 is 44.7 Å². The lowest BCUT2D eigenvalue weighted by molar-refractivity contribution is -0.118. The van der Waals surface area contributed by atoms with Crippen LogP contribution in [0.4, 0.5) is 5.69 Å². The van der Waals surface area contributed by atoms with Crippen molar-refractivity contribution in [3.05, 3.63) is 40.6 Å². The number of benzene rings is 1. The van der Waals surface area contributed by atoms with E-state index < -0.39 is 10.0 Å². The SMILES string of the molecule is C[C@H]1CSc2ccc(S(=O)(=O)N(Cc3cccs3)C3CCCC3)cc2NC1=O. The summed E-state index contributed by atoms with van der Waals surface area (Å²) in [5.74, 6) is 0.524. The van der Waals surface area contributed by atoms with Gasteiger partial charge in [-0.1, -0.05) is 25.8 Å². The number of nitrogens with zero attached hydrogens (tertiary/aromatic N) is 1. The number of nitrogens with one attached hydrogen (secondary N) is 1. The second-order valence-electron chi connectivity index (χ2n) is 7.43. The number of hydrogen-bond acceptors (Lipinski definition) is 5. The molecule has 0 bridgehead atoms. The van der Waals surface area contributed by atoms with Crippen LogP contribution in [0.15, 0.2) is 45.5 Å². The third-order valence-electron chi connectivity index (χ3n) is 5.38. The molecular weight excluding hydrogens is 412 g/mol. The summed E-state index contributed by atoms with van der Waals surface area (Å²) >= 11 is 3.17. The fraction of sp³-hybridized carbons (Fsp3) is 0.450. The van der Waals surface area contributed by atoms with E-state index in [9.17, 15) is 13.2 Å². The van der Waals surface area contributed by atoms with Gasteiger partial charge < -0.3 is 5.32 Å². The van der Waals surface area contributed by atoms with Gasteiger partial charge in [0, 0.05) is 34.0 Å². The Morgan fingerprint density at radius 3 is 2.71 bits per heavy atom. The number of anilines is 1. The topological polar surface area (TPSA) is 66.5 Å². The predicted octanol–water partition coefficient (Wildman–Crippen LogP) is 4.56. The molecule has 0 unspecified atom stereocenters. The Hall–Kier alpha value is -1.35. The lowest BCUT2D eigenvalue weighted by Gasteiger charge is -2.28. The molecular formula is C20H24N2O3S3. The van der Waals surface area contributed by atoms with E-state index in [1.807, 2.05) is 30.5 Å². The highest BCUT2D eigenvalue weighted by Crippen LogP contribution is 2.36. The number of sulfonamides is 1. The first kappa shape index (κ1) is 19.9. The van der Waals surface area contributed by atoms with Crippen molar-refractivity contribution in [1.29, 1.82) is 0 Å². The molecule has 2 aliphatic rings. The van der Waals surface area contributed by atoms with Crippen LogP contribution in [0.3, 0.4) is 0 Å². The van der Waals surface area contributed by atoms with Gasteiger partial charge in [0.2, 0.25) is 15.9 Å². The molecule has 1 aromatic heterocycles. The number of rotatable bonds is 5. The zero-order chi connectivity index (χ0) is 19.7. The number of carbonyl (C=O) groups excluding carboxylic acids is 1. The van der Waals surface area contributed by atoms with Crippen molar-refractivity contribution in [2.24, 2.45) is 5.92 Å². The molecule has 1 saturated carbocycles. The summed E-state index contributed by atoms with van der Waals surface area (Å²) in [7, 11) is -3.66. The summed E-state index contributed by atoms with van der Waals surface area (Å²) in [5, 5.41) is 4.88. The Morgan fingerprint density at radius 1 is 1.21 bits per heavy atom. The first-order valence-corrected chi connectivity index (χ1v) is 12.9. The molecule has 1 aliphatic heterocycles. The monoisotopic (exact) mass is 436 g/mol. The lowest BCUT2D eigenvalue weighted by Crippen LogP contribution is -2.38. The third-order valence-corrected chi connectivity index (χ3v) is 9.46. The van der Waals surface area contributed by atoms with Crippen LogP contribution in [0.1, 0.15) is 37.5 Å². The third kappa shape index (κ3) is 4.01. The van der Waals surface area contributed by atoms with Gasteiger partial charge in [-0.15, -0.1) is 23.1 Å². The minimum Gasteiger partial charge on any atom is -0.325 e. The van der Waals surface area contributed by atoms with Crippen molar-refractivity contribution in [3.8, 4) is 0 Å². The van der Waals surface area contributed by atoms with Crippen LogP contribution in [0.2, 0.25) is 0 Å². The summed E-state index contributed by atoms with van der Waals surface area (Å²) in [5.41, 5.74) is 0.600. The van der Waals surface area contributed by atoms with E-state index in [-0.39, 0.29) is 22.8 Å². The Balaban J connectivity index is 1.69. The van der Waals surface area contributed by atoms with Gasteiger partial charge in [-0.25, -0.2) is 8.42 Å². The highest BCUT2D eigenvalue weighted by molar-refractivity contribution is 7.99. The molecule has 2 aromatic rings. The molecule has 0 spiro atoms. The Labute approximate surface area is 174 Å². The zero-order valence-electron chi connectivity index (χ0n) is 15.8. The van der Waals surface area contributed by atoms with Gasteiger partial charge in [-0.2, -0.15) is 4.31 Å². The summed E-state index contributed by atoms with van der Waals surface area (Å²) in [6.07, 6.45) is 3.94. The van der Waals surface area contributed by atoms with Gasteiger partial charge in [-0.3, -0.25) is 4.79 Å². The molecule has 4 rings (SSSR count). The van der Waals surface area contributed by atoms with Crippen LogP contribution in [0.25, 0.3) is 0 Å². The summed E-state index contributed by atoms with van der Waals surface area (Å²) in [6, 6.07) is 9.11. The van der Waals surface area contributed by atoms with Crippen molar-refractivity contribution in [2.75, 3.05) is 11.1 Å². The number of amides is 1. The smallest absolute Gasteiger partial charge is 0.243 e. The summed E-state index contributed by atoms with van der Waals surface area (Å²) in [6.45, 7) is 2.29. The van der Waals surface area contributed by atoms with Crippen LogP contribution in [0, 0.1) is 5.92 Å². The van der Waals surface area contributed by atoms with Gasteiger partial charge in [-0.05, 0) is 42.5 Å². The van der Waals surface area contributed by atoms with Crippen LogP contribution in [0.5, 0.6) is 0 Å². The number of carbonyl (C=O) groups is 1. The fourth-order valence-electron chi connectivity index (χ4n) is 3.73. The summed E-state index contributed by atoms with van der Waals surface area (Å²) < 4.78 is 28.8. The molecule has 2 heterocycles. The molecule has 1 amide bonds. The van der Waals surface area contributed by atoms with E-state index in [0.29, 0.717) is 18.0 Å². The average Bonchev–Trinajstić information content (AvgIpc) is 3.36. The van der Waals surface area contributed by atoms with Gasteiger partial charge in [0.1, 0.15) is 0 Å². The van der Waals surface area contributed by atoms with Gasteiger partial charge >= 0.3 is 0 Å². The molecule has 1 aliphatic carbocycles. The molecule has 8 heteroatoms. The minimum absolute atomic E-state index is 0.0369. The first-order chi connectivity index (χ1) is 13.4. The number of fused-ring (bicyclic) bond motifs is 1. The van der Waals surface area contributed by atoms with Crippen molar-refractivity contribution in [3.63, 3.8) is 0 Å². The number of thioether (sulfide) groups is 1. The minimum atomic E-state index is -3.66. The molecule has 5 nitrogen and oxygen atoms in total. The maximum atomic E-state index is 13.6. The highest BCUT2D eigenvalue weighted by Gasteiger charge is 2.34. The van der Waals surface area contributed by atoms with Crippen molar-refractivity contribution < 1.29 is 13.2 Å². The molecule has 150 valence electrons. The predicted molar refractivity (Wildman–Crippen MR) is 114 cm³/mol. The normalized spacial score (nSPS) is 20.8. The Kier molecular flexibility index (Phi) is 5.83. The second kappa shape index (κ2) is 8.18. The van der Waals surface area contributed by atoms with E-state index >= 15 is 0 Å². The van der Waals surface area contributed by atoms with Gasteiger partial charge in [0.15, 0.2) is 0 Å². The van der Waals surface area contributed by atoms with E-state index in [4.69, 9.17) is 0 Å². The Bertz CT molecular complexity index is 951. The largest absolute Gasteiger partial charge is 0.325 e. The zero-order valence-corrected chi connectivity index (χ0v) is 18.2. The molecule has 1 atom stereocenters. The number of thiophene rings is 1. The van der Waals surface area contributed by atoms with Crippen molar-refractivity contribution in [2.45, 2.75) is 55.0 Å². The molecule has 1 N–H and O–H groups in total. The maximum absolute atomic E-state index is 13.6. The second-order valence-corrected chi connectivity index (χ2v) is 11.4. The van der Waals surface area contributed by atoms with Gasteiger partial charge in [0.05, 0.1) is 10.6 Å². The van der Waals surface area contributed by atoms with E-state index in [1.54, 1.807) is 39.5 Å². The van der Waals surface area contributed by atoms with Gasteiger partial charge in [0.25, 0.3) is 0 Å². The molecule has 1 aromatic carbocycles. The molecule has 0 radical (unpaired) electrons. The summed E-state index contributed by atoms with van der Waals surface area (Å²) in [4.78, 5) is 14.4. The standard InChI is InChI=1S/C20H24N2O3S3/c1-14-13-27-19-9-8-17(11-18(19)21-20(14)23)28(24,25)22(15-5-2-3-6-15)12-16-7-4-10-26-16/h4,7-11,14-15H,2-3,5-6,12-13H2,1H3,(H,21,23)/t14-/m0/s1. The van der Waals surface area contributed by atoms with E-state index in [0.717, 1.165) is 35.5 Å². The molecule has 0 saturated heterocycles.